The first-order valence-corrected chi connectivity index (χ1v) is 8.13. The molecule has 0 aromatic heterocycles. The highest BCUT2D eigenvalue weighted by Crippen LogP contribution is 2.31. The van der Waals surface area contributed by atoms with Crippen molar-refractivity contribution in [1.29, 1.82) is 5.26 Å². The fourth-order valence-electron chi connectivity index (χ4n) is 2.78. The second-order valence-corrected chi connectivity index (χ2v) is 6.27. The summed E-state index contributed by atoms with van der Waals surface area (Å²) < 4.78 is 37.8. The van der Waals surface area contributed by atoms with Gasteiger partial charge in [-0.2, -0.15) is 18.4 Å². The predicted molar refractivity (Wildman–Crippen MR) is 89.8 cm³/mol. The minimum Gasteiger partial charge on any atom is -0.306 e. The average molecular weight is 345 g/mol. The van der Waals surface area contributed by atoms with Gasteiger partial charge < -0.3 is 5.32 Å². The molecule has 0 aliphatic heterocycles. The molecular formula is C19H18F3N3. The summed E-state index contributed by atoms with van der Waals surface area (Å²) >= 11 is 0. The molecule has 1 saturated carbocycles. The first-order valence-electron chi connectivity index (χ1n) is 8.13. The second-order valence-electron chi connectivity index (χ2n) is 6.27. The summed E-state index contributed by atoms with van der Waals surface area (Å²) in [5, 5.41) is 14.1. The van der Waals surface area contributed by atoms with Crippen LogP contribution in [0.4, 0.5) is 18.9 Å². The van der Waals surface area contributed by atoms with Crippen LogP contribution in [0.2, 0.25) is 0 Å². The molecule has 3 nitrogen and oxygen atoms in total. The number of nitriles is 1. The van der Waals surface area contributed by atoms with E-state index in [1.165, 1.54) is 25.0 Å². The number of hydrogen-bond acceptors (Lipinski definition) is 3. The second kappa shape index (κ2) is 7.16. The van der Waals surface area contributed by atoms with Gasteiger partial charge in [0.2, 0.25) is 0 Å². The molecule has 0 heterocycles. The summed E-state index contributed by atoms with van der Waals surface area (Å²) in [7, 11) is 0. The number of halogens is 3. The number of alkyl halides is 3. The van der Waals surface area contributed by atoms with E-state index < -0.39 is 6.30 Å². The molecule has 130 valence electrons. The van der Waals surface area contributed by atoms with Crippen molar-refractivity contribution in [2.45, 2.75) is 25.2 Å². The molecule has 2 N–H and O–H groups in total. The molecule has 6 heteroatoms. The van der Waals surface area contributed by atoms with Gasteiger partial charge in [-0.15, -0.1) is 0 Å². The van der Waals surface area contributed by atoms with Gasteiger partial charge in [0.1, 0.15) is 0 Å². The Bertz CT molecular complexity index is 776. The van der Waals surface area contributed by atoms with Gasteiger partial charge in [0.05, 0.1) is 17.7 Å². The van der Waals surface area contributed by atoms with Crippen molar-refractivity contribution < 1.29 is 13.2 Å². The molecule has 1 atom stereocenters. The van der Waals surface area contributed by atoms with Crippen LogP contribution in [-0.4, -0.2) is 12.8 Å². The Morgan fingerprint density at radius 1 is 1.08 bits per heavy atom. The van der Waals surface area contributed by atoms with E-state index in [0.717, 1.165) is 17.7 Å². The van der Waals surface area contributed by atoms with E-state index in [2.05, 4.69) is 11.4 Å². The van der Waals surface area contributed by atoms with Crippen LogP contribution in [0, 0.1) is 17.2 Å². The third-order valence-corrected chi connectivity index (χ3v) is 4.16. The van der Waals surface area contributed by atoms with E-state index in [-0.39, 0.29) is 11.7 Å². The lowest BCUT2D eigenvalue weighted by atomic mass is 9.96. The van der Waals surface area contributed by atoms with Crippen molar-refractivity contribution in [3.05, 3.63) is 65.2 Å². The first kappa shape index (κ1) is 17.3. The Kier molecular flexibility index (Phi) is 4.95. The van der Waals surface area contributed by atoms with Crippen molar-refractivity contribution in [3.8, 4) is 6.07 Å². The average Bonchev–Trinajstić information content (AvgIpc) is 3.38. The van der Waals surface area contributed by atoms with Crippen LogP contribution in [0.1, 0.15) is 35.6 Å². The molecule has 1 fully saturated rings. The molecule has 0 bridgehead atoms. The summed E-state index contributed by atoms with van der Waals surface area (Å²) in [6, 6.07) is 15.3. The summed E-state index contributed by atoms with van der Waals surface area (Å²) in [6.45, 7) is 0.804. The van der Waals surface area contributed by atoms with E-state index in [1.54, 1.807) is 35.6 Å². The smallest absolute Gasteiger partial charge is 0.306 e. The molecule has 1 aliphatic carbocycles. The third-order valence-electron chi connectivity index (χ3n) is 4.16. The molecule has 2 aromatic rings. The van der Waals surface area contributed by atoms with E-state index in [1.807, 2.05) is 6.07 Å². The Balaban J connectivity index is 1.90. The molecule has 25 heavy (non-hydrogen) atoms. The molecule has 2 aromatic carbocycles. The SMILES string of the molecule is N#Cc1cccc(C(NCC2CC2)c2cccc(NC(F)(F)F)c2)c1. The maximum Gasteiger partial charge on any atom is 0.482 e. The van der Waals surface area contributed by atoms with Crippen molar-refractivity contribution in [3.63, 3.8) is 0 Å². The quantitative estimate of drug-likeness (QED) is 0.754. The van der Waals surface area contributed by atoms with Gasteiger partial charge in [0.15, 0.2) is 0 Å². The molecule has 1 aliphatic rings. The molecule has 1 unspecified atom stereocenters. The zero-order chi connectivity index (χ0) is 17.9. The number of nitrogens with zero attached hydrogens (tertiary/aromatic N) is 1. The summed E-state index contributed by atoms with van der Waals surface area (Å²) in [5.74, 6) is 0.623. The van der Waals surface area contributed by atoms with E-state index >= 15 is 0 Å². The van der Waals surface area contributed by atoms with Gasteiger partial charge >= 0.3 is 6.30 Å². The number of hydrogen-bond donors (Lipinski definition) is 2. The van der Waals surface area contributed by atoms with Crippen molar-refractivity contribution in [2.24, 2.45) is 5.92 Å². The molecule has 0 saturated heterocycles. The highest BCUT2D eigenvalue weighted by atomic mass is 19.4. The van der Waals surface area contributed by atoms with Crippen molar-refractivity contribution in [1.82, 2.24) is 5.32 Å². The standard InChI is InChI=1S/C19H18F3N3/c20-19(21,22)25-17-6-2-5-16(10-17)18(24-12-13-7-8-13)15-4-1-3-14(9-15)11-23/h1-6,9-10,13,18,24-25H,7-8,12H2. The number of rotatable bonds is 6. The fraction of sp³-hybridized carbons (Fsp3) is 0.316. The van der Waals surface area contributed by atoms with E-state index in [9.17, 15) is 13.2 Å². The molecular weight excluding hydrogens is 327 g/mol. The lowest BCUT2D eigenvalue weighted by Crippen LogP contribution is -2.25. The minimum atomic E-state index is -4.48. The third kappa shape index (κ3) is 4.97. The highest BCUT2D eigenvalue weighted by molar-refractivity contribution is 5.49. The first-order chi connectivity index (χ1) is 11.9. The van der Waals surface area contributed by atoms with Crippen molar-refractivity contribution in [2.75, 3.05) is 11.9 Å². The zero-order valence-electron chi connectivity index (χ0n) is 13.5. The maximum atomic E-state index is 12.6. The van der Waals surface area contributed by atoms with Crippen LogP contribution in [0.5, 0.6) is 0 Å². The zero-order valence-corrected chi connectivity index (χ0v) is 13.5. The summed E-state index contributed by atoms with van der Waals surface area (Å²) in [4.78, 5) is 0. The Hall–Kier alpha value is -2.52. The summed E-state index contributed by atoms with van der Waals surface area (Å²) in [6.07, 6.45) is -2.13. The maximum absolute atomic E-state index is 12.6. The van der Waals surface area contributed by atoms with Crippen LogP contribution in [-0.2, 0) is 0 Å². The van der Waals surface area contributed by atoms with Gasteiger partial charge in [0, 0.05) is 5.69 Å². The van der Waals surface area contributed by atoms with E-state index in [4.69, 9.17) is 5.26 Å². The Morgan fingerprint density at radius 2 is 1.76 bits per heavy atom. The highest BCUT2D eigenvalue weighted by Gasteiger charge is 2.28. The van der Waals surface area contributed by atoms with Gasteiger partial charge in [-0.3, -0.25) is 5.32 Å². The lowest BCUT2D eigenvalue weighted by Gasteiger charge is -2.21. The van der Waals surface area contributed by atoms with Crippen LogP contribution in [0.15, 0.2) is 48.5 Å². The van der Waals surface area contributed by atoms with E-state index in [0.29, 0.717) is 11.5 Å². The van der Waals surface area contributed by atoms with Crippen LogP contribution >= 0.6 is 0 Å². The van der Waals surface area contributed by atoms with Crippen LogP contribution < -0.4 is 10.6 Å². The lowest BCUT2D eigenvalue weighted by molar-refractivity contribution is -0.0999. The summed E-state index contributed by atoms with van der Waals surface area (Å²) in [5.41, 5.74) is 2.12. The Labute approximate surface area is 144 Å². The number of nitrogens with one attached hydrogen (secondary N) is 2. The van der Waals surface area contributed by atoms with Gasteiger partial charge in [-0.25, -0.2) is 0 Å². The number of benzene rings is 2. The van der Waals surface area contributed by atoms with Gasteiger partial charge in [-0.1, -0.05) is 24.3 Å². The fourth-order valence-corrected chi connectivity index (χ4v) is 2.78. The van der Waals surface area contributed by atoms with Crippen LogP contribution in [0.3, 0.4) is 0 Å². The van der Waals surface area contributed by atoms with Crippen molar-refractivity contribution >= 4 is 5.69 Å². The number of anilines is 1. The van der Waals surface area contributed by atoms with Gasteiger partial charge in [0.25, 0.3) is 0 Å². The van der Waals surface area contributed by atoms with Gasteiger partial charge in [-0.05, 0) is 60.7 Å². The monoisotopic (exact) mass is 345 g/mol. The minimum absolute atomic E-state index is 0.000315. The van der Waals surface area contributed by atoms with Crippen LogP contribution in [0.25, 0.3) is 0 Å². The normalized spacial score (nSPS) is 15.4. The molecule has 0 spiro atoms. The topological polar surface area (TPSA) is 47.9 Å². The Morgan fingerprint density at radius 3 is 2.40 bits per heavy atom. The molecule has 0 amide bonds. The molecule has 3 rings (SSSR count). The molecule has 0 radical (unpaired) electrons. The predicted octanol–water partition coefficient (Wildman–Crippen LogP) is 4.58. The largest absolute Gasteiger partial charge is 0.482 e.